The molecule has 2 heteroatoms. The van der Waals surface area contributed by atoms with E-state index in [1.54, 1.807) is 0 Å². The summed E-state index contributed by atoms with van der Waals surface area (Å²) in [6.07, 6.45) is 1.93. The van der Waals surface area contributed by atoms with Crippen LogP contribution in [0.15, 0.2) is 24.4 Å². The van der Waals surface area contributed by atoms with Crippen molar-refractivity contribution < 1.29 is 0 Å². The zero-order chi connectivity index (χ0) is 9.42. The van der Waals surface area contributed by atoms with Gasteiger partial charge in [0.15, 0.2) is 0 Å². The highest BCUT2D eigenvalue weighted by molar-refractivity contribution is 5.63. The van der Waals surface area contributed by atoms with E-state index in [0.717, 1.165) is 16.8 Å². The summed E-state index contributed by atoms with van der Waals surface area (Å²) >= 11 is 0. The first-order chi connectivity index (χ1) is 6.22. The van der Waals surface area contributed by atoms with Crippen LogP contribution in [0.4, 0.5) is 0 Å². The lowest BCUT2D eigenvalue weighted by molar-refractivity contribution is 1.09. The normalized spacial score (nSPS) is 10.2. The maximum Gasteiger partial charge on any atom is 0.101 e. The molecule has 0 fully saturated rings. The third kappa shape index (κ3) is 1.09. The number of pyridine rings is 1. The molecule has 0 aliphatic heterocycles. The molecule has 0 saturated heterocycles. The first-order valence-electron chi connectivity index (χ1n) is 4.21. The van der Waals surface area contributed by atoms with Gasteiger partial charge in [0, 0.05) is 11.9 Å². The maximum absolute atomic E-state index is 8.84. The van der Waals surface area contributed by atoms with Crippen molar-refractivity contribution in [3.05, 3.63) is 41.2 Å². The second kappa shape index (κ2) is 2.63. The van der Waals surface area contributed by atoms with Crippen LogP contribution in [0.2, 0.25) is 0 Å². The molecular formula is C11H10N2. The molecule has 2 heterocycles. The topological polar surface area (TPSA) is 28.2 Å². The fourth-order valence-corrected chi connectivity index (χ4v) is 1.65. The number of nitrogens with zero attached hydrogens (tertiary/aromatic N) is 2. The number of fused-ring (bicyclic) bond motifs is 1. The minimum atomic E-state index is 0.742. The summed E-state index contributed by atoms with van der Waals surface area (Å²) in [5.41, 5.74) is 4.10. The molecule has 0 radical (unpaired) electrons. The number of hydrogen-bond donors (Lipinski definition) is 0. The summed E-state index contributed by atoms with van der Waals surface area (Å²) in [5.74, 6) is 0. The molecule has 0 spiro atoms. The van der Waals surface area contributed by atoms with Crippen molar-refractivity contribution in [3.8, 4) is 6.07 Å². The first kappa shape index (κ1) is 7.88. The number of hydrogen-bond acceptors (Lipinski definition) is 1. The largest absolute Gasteiger partial charge is 0.320 e. The number of rotatable bonds is 0. The Morgan fingerprint density at radius 1 is 1.31 bits per heavy atom. The molecule has 0 aliphatic carbocycles. The van der Waals surface area contributed by atoms with Crippen molar-refractivity contribution in [1.29, 1.82) is 5.26 Å². The molecule has 0 aromatic carbocycles. The minimum Gasteiger partial charge on any atom is -0.320 e. The van der Waals surface area contributed by atoms with Crippen LogP contribution in [0.5, 0.6) is 0 Å². The lowest BCUT2D eigenvalue weighted by Crippen LogP contribution is -1.90. The molecule has 2 aromatic heterocycles. The zero-order valence-corrected chi connectivity index (χ0v) is 7.70. The molecule has 0 atom stereocenters. The molecular weight excluding hydrogens is 160 g/mol. The zero-order valence-electron chi connectivity index (χ0n) is 7.70. The molecule has 2 nitrogen and oxygen atoms in total. The van der Waals surface area contributed by atoms with Gasteiger partial charge in [-0.25, -0.2) is 0 Å². The van der Waals surface area contributed by atoms with Gasteiger partial charge in [-0.05, 0) is 37.6 Å². The summed E-state index contributed by atoms with van der Waals surface area (Å²) in [6, 6.07) is 8.17. The van der Waals surface area contributed by atoms with E-state index >= 15 is 0 Å². The summed E-state index contributed by atoms with van der Waals surface area (Å²) in [7, 11) is 0. The molecule has 0 unspecified atom stereocenters. The van der Waals surface area contributed by atoms with E-state index in [-0.39, 0.29) is 0 Å². The van der Waals surface area contributed by atoms with Crippen molar-refractivity contribution in [2.75, 3.05) is 0 Å². The van der Waals surface area contributed by atoms with E-state index in [0.29, 0.717) is 0 Å². The number of aromatic nitrogens is 1. The van der Waals surface area contributed by atoms with Gasteiger partial charge >= 0.3 is 0 Å². The summed E-state index contributed by atoms with van der Waals surface area (Å²) in [6.45, 7) is 4.09. The molecule has 0 bridgehead atoms. The molecule has 13 heavy (non-hydrogen) atoms. The predicted octanol–water partition coefficient (Wildman–Crippen LogP) is 2.43. The van der Waals surface area contributed by atoms with Gasteiger partial charge in [-0.1, -0.05) is 0 Å². The Labute approximate surface area is 77.0 Å². The Kier molecular flexibility index (Phi) is 1.60. The van der Waals surface area contributed by atoms with E-state index in [1.165, 1.54) is 5.56 Å². The fraction of sp³-hybridized carbons (Fsp3) is 0.182. The lowest BCUT2D eigenvalue weighted by atomic mass is 10.2. The third-order valence-electron chi connectivity index (χ3n) is 2.23. The van der Waals surface area contributed by atoms with E-state index in [9.17, 15) is 0 Å². The predicted molar refractivity (Wildman–Crippen MR) is 51.6 cm³/mol. The molecule has 0 saturated carbocycles. The van der Waals surface area contributed by atoms with Crippen molar-refractivity contribution in [2.24, 2.45) is 0 Å². The van der Waals surface area contributed by atoms with Crippen molar-refractivity contribution in [1.82, 2.24) is 4.40 Å². The van der Waals surface area contributed by atoms with Crippen molar-refractivity contribution in [3.63, 3.8) is 0 Å². The van der Waals surface area contributed by atoms with Crippen LogP contribution in [0.25, 0.3) is 5.52 Å². The minimum absolute atomic E-state index is 0.742. The Balaban J connectivity index is 2.92. The van der Waals surface area contributed by atoms with Gasteiger partial charge < -0.3 is 4.40 Å². The first-order valence-corrected chi connectivity index (χ1v) is 4.21. The Morgan fingerprint density at radius 2 is 2.08 bits per heavy atom. The van der Waals surface area contributed by atoms with Gasteiger partial charge in [-0.3, -0.25) is 0 Å². The lowest BCUT2D eigenvalue weighted by Gasteiger charge is -2.02. The molecule has 0 aliphatic rings. The van der Waals surface area contributed by atoms with Gasteiger partial charge in [0.25, 0.3) is 0 Å². The SMILES string of the molecule is Cc1cc(C)n2ccc(C#N)c2c1. The Bertz CT molecular complexity index is 501. The monoisotopic (exact) mass is 170 g/mol. The molecule has 0 N–H and O–H groups in total. The molecule has 2 aromatic rings. The van der Waals surface area contributed by atoms with E-state index in [1.807, 2.05) is 36.6 Å². The number of nitriles is 1. The molecule has 2 rings (SSSR count). The second-order valence-electron chi connectivity index (χ2n) is 3.27. The Hall–Kier alpha value is -1.75. The molecule has 64 valence electrons. The quantitative estimate of drug-likeness (QED) is 0.596. The van der Waals surface area contributed by atoms with Crippen LogP contribution in [-0.4, -0.2) is 4.40 Å². The second-order valence-corrected chi connectivity index (χ2v) is 3.27. The average molecular weight is 170 g/mol. The van der Waals surface area contributed by atoms with Gasteiger partial charge in [0.1, 0.15) is 6.07 Å². The van der Waals surface area contributed by atoms with Crippen molar-refractivity contribution in [2.45, 2.75) is 13.8 Å². The number of aryl methyl sites for hydroxylation is 2. The van der Waals surface area contributed by atoms with Crippen LogP contribution >= 0.6 is 0 Å². The van der Waals surface area contributed by atoms with Crippen LogP contribution in [0.3, 0.4) is 0 Å². The van der Waals surface area contributed by atoms with Crippen LogP contribution in [0, 0.1) is 25.2 Å². The summed E-state index contributed by atoms with van der Waals surface area (Å²) in [5, 5.41) is 8.84. The average Bonchev–Trinajstić information content (AvgIpc) is 2.47. The van der Waals surface area contributed by atoms with Gasteiger partial charge in [0.2, 0.25) is 0 Å². The van der Waals surface area contributed by atoms with Gasteiger partial charge in [-0.2, -0.15) is 5.26 Å². The highest BCUT2D eigenvalue weighted by atomic mass is 14.9. The molecule has 0 amide bonds. The van der Waals surface area contributed by atoms with Crippen LogP contribution in [0.1, 0.15) is 16.8 Å². The maximum atomic E-state index is 8.84. The van der Waals surface area contributed by atoms with E-state index in [4.69, 9.17) is 5.26 Å². The van der Waals surface area contributed by atoms with E-state index < -0.39 is 0 Å². The van der Waals surface area contributed by atoms with Crippen molar-refractivity contribution >= 4 is 5.52 Å². The van der Waals surface area contributed by atoms with Gasteiger partial charge in [0.05, 0.1) is 11.1 Å². The highest BCUT2D eigenvalue weighted by Gasteiger charge is 2.03. The van der Waals surface area contributed by atoms with Crippen LogP contribution < -0.4 is 0 Å². The summed E-state index contributed by atoms with van der Waals surface area (Å²) in [4.78, 5) is 0. The smallest absolute Gasteiger partial charge is 0.101 e. The Morgan fingerprint density at radius 3 is 2.77 bits per heavy atom. The third-order valence-corrected chi connectivity index (χ3v) is 2.23. The van der Waals surface area contributed by atoms with Crippen LogP contribution in [-0.2, 0) is 0 Å². The van der Waals surface area contributed by atoms with E-state index in [2.05, 4.69) is 12.1 Å². The highest BCUT2D eigenvalue weighted by Crippen LogP contribution is 2.15. The fourth-order valence-electron chi connectivity index (χ4n) is 1.65. The standard InChI is InChI=1S/C11H10N2/c1-8-5-9(2)13-4-3-10(7-12)11(13)6-8/h3-6H,1-2H3. The van der Waals surface area contributed by atoms with Gasteiger partial charge in [-0.15, -0.1) is 0 Å². The summed E-state index contributed by atoms with van der Waals surface area (Å²) < 4.78 is 2.03.